The van der Waals surface area contributed by atoms with Gasteiger partial charge in [-0.3, -0.25) is 4.68 Å². The van der Waals surface area contributed by atoms with Crippen LogP contribution < -0.4 is 5.32 Å². The second-order valence-electron chi connectivity index (χ2n) is 5.92. The normalized spacial score (nSPS) is 22.3. The second-order valence-corrected chi connectivity index (χ2v) is 5.92. The molecule has 1 fully saturated rings. The largest absolute Gasteiger partial charge is 0.393 e. The smallest absolute Gasteiger partial charge is 0.0659 e. The zero-order chi connectivity index (χ0) is 14.5. The molecule has 0 spiro atoms. The lowest BCUT2D eigenvalue weighted by atomic mass is 9.93. The molecule has 1 aromatic carbocycles. The fourth-order valence-corrected chi connectivity index (χ4v) is 2.90. The van der Waals surface area contributed by atoms with Crippen molar-refractivity contribution in [3.63, 3.8) is 0 Å². The fourth-order valence-electron chi connectivity index (χ4n) is 2.90. The maximum Gasteiger partial charge on any atom is 0.0659 e. The van der Waals surface area contributed by atoms with E-state index >= 15 is 0 Å². The van der Waals surface area contributed by atoms with Gasteiger partial charge in [-0.05, 0) is 31.2 Å². The molecule has 4 heteroatoms. The van der Waals surface area contributed by atoms with Gasteiger partial charge in [-0.1, -0.05) is 30.3 Å². The van der Waals surface area contributed by atoms with E-state index in [0.717, 1.165) is 38.8 Å². The van der Waals surface area contributed by atoms with E-state index in [1.54, 1.807) is 0 Å². The molecule has 1 aromatic heterocycles. The monoisotopic (exact) mass is 285 g/mol. The van der Waals surface area contributed by atoms with E-state index < -0.39 is 0 Å². The maximum atomic E-state index is 9.51. The summed E-state index contributed by atoms with van der Waals surface area (Å²) in [7, 11) is 0. The first-order valence-electron chi connectivity index (χ1n) is 7.76. The quantitative estimate of drug-likeness (QED) is 0.886. The average Bonchev–Trinajstić information content (AvgIpc) is 2.95. The first-order chi connectivity index (χ1) is 10.3. The Morgan fingerprint density at radius 3 is 2.62 bits per heavy atom. The number of rotatable bonds is 5. The van der Waals surface area contributed by atoms with Crippen molar-refractivity contribution >= 4 is 0 Å². The molecule has 0 atom stereocenters. The van der Waals surface area contributed by atoms with E-state index in [1.807, 2.05) is 16.9 Å². The van der Waals surface area contributed by atoms with Gasteiger partial charge in [0.1, 0.15) is 0 Å². The lowest BCUT2D eigenvalue weighted by Gasteiger charge is -2.26. The predicted molar refractivity (Wildman–Crippen MR) is 82.9 cm³/mol. The molecule has 4 nitrogen and oxygen atoms in total. The molecule has 0 unspecified atom stereocenters. The summed E-state index contributed by atoms with van der Waals surface area (Å²) in [6, 6.07) is 10.9. The Balaban J connectivity index is 1.49. The van der Waals surface area contributed by atoms with Crippen LogP contribution in [-0.2, 0) is 13.1 Å². The van der Waals surface area contributed by atoms with E-state index in [-0.39, 0.29) is 6.10 Å². The molecule has 1 aliphatic carbocycles. The Morgan fingerprint density at radius 1 is 1.10 bits per heavy atom. The van der Waals surface area contributed by atoms with Crippen LogP contribution in [-0.4, -0.2) is 27.0 Å². The number of hydrogen-bond donors (Lipinski definition) is 2. The van der Waals surface area contributed by atoms with Crippen LogP contribution in [0.4, 0.5) is 0 Å². The molecule has 2 N–H and O–H groups in total. The molecule has 112 valence electrons. The Morgan fingerprint density at radius 2 is 1.86 bits per heavy atom. The maximum absolute atomic E-state index is 9.51. The summed E-state index contributed by atoms with van der Waals surface area (Å²) in [6.07, 6.45) is 7.94. The molecule has 2 aromatic rings. The summed E-state index contributed by atoms with van der Waals surface area (Å²) in [6.45, 7) is 1.67. The summed E-state index contributed by atoms with van der Waals surface area (Å²) < 4.78 is 1.98. The van der Waals surface area contributed by atoms with Crippen LogP contribution in [0.2, 0.25) is 0 Å². The minimum Gasteiger partial charge on any atom is -0.393 e. The molecular formula is C17H23N3O. The summed E-state index contributed by atoms with van der Waals surface area (Å²) in [5, 5.41) is 17.5. The van der Waals surface area contributed by atoms with Gasteiger partial charge in [-0.25, -0.2) is 0 Å². The highest BCUT2D eigenvalue weighted by Crippen LogP contribution is 2.18. The predicted octanol–water partition coefficient (Wildman–Crippen LogP) is 2.32. The number of hydrogen-bond acceptors (Lipinski definition) is 3. The van der Waals surface area contributed by atoms with Crippen LogP contribution in [0.3, 0.4) is 0 Å². The van der Waals surface area contributed by atoms with Crippen LogP contribution in [0.5, 0.6) is 0 Å². The van der Waals surface area contributed by atoms with E-state index in [1.165, 1.54) is 11.1 Å². The summed E-state index contributed by atoms with van der Waals surface area (Å²) in [5.74, 6) is 0. The third kappa shape index (κ3) is 4.16. The minimum atomic E-state index is -0.0864. The van der Waals surface area contributed by atoms with Gasteiger partial charge >= 0.3 is 0 Å². The van der Waals surface area contributed by atoms with Gasteiger partial charge in [0.2, 0.25) is 0 Å². The van der Waals surface area contributed by atoms with Gasteiger partial charge in [0.15, 0.2) is 0 Å². The number of nitrogens with zero attached hydrogens (tertiary/aromatic N) is 2. The van der Waals surface area contributed by atoms with E-state index in [9.17, 15) is 5.11 Å². The van der Waals surface area contributed by atoms with Crippen molar-refractivity contribution < 1.29 is 5.11 Å². The second kappa shape index (κ2) is 6.87. The Hall–Kier alpha value is -1.65. The number of nitrogens with one attached hydrogen (secondary N) is 1. The molecule has 1 aliphatic rings. The molecule has 3 rings (SSSR count). The average molecular weight is 285 g/mol. The number of aliphatic hydroxyl groups excluding tert-OH is 1. The fraction of sp³-hybridized carbons (Fsp3) is 0.471. The molecule has 0 amide bonds. The van der Waals surface area contributed by atoms with E-state index in [2.05, 4.69) is 40.9 Å². The third-order valence-electron chi connectivity index (χ3n) is 4.17. The van der Waals surface area contributed by atoms with Crippen molar-refractivity contribution in [3.05, 3.63) is 53.9 Å². The number of aliphatic hydroxyl groups is 1. The number of aromatic nitrogens is 2. The molecule has 0 saturated heterocycles. The standard InChI is InChI=1S/C17H23N3O/c21-17-8-6-16(7-9-17)18-10-15-11-19-20(13-15)12-14-4-2-1-3-5-14/h1-5,11,13,16-18,21H,6-10,12H2. The Kier molecular flexibility index (Phi) is 4.68. The highest BCUT2D eigenvalue weighted by atomic mass is 16.3. The molecule has 1 heterocycles. The molecule has 1 saturated carbocycles. The van der Waals surface area contributed by atoms with Gasteiger partial charge in [0.25, 0.3) is 0 Å². The lowest BCUT2D eigenvalue weighted by molar-refractivity contribution is 0.116. The van der Waals surface area contributed by atoms with Gasteiger partial charge in [-0.2, -0.15) is 5.10 Å². The first-order valence-corrected chi connectivity index (χ1v) is 7.76. The van der Waals surface area contributed by atoms with Gasteiger partial charge < -0.3 is 10.4 Å². The summed E-state index contributed by atoms with van der Waals surface area (Å²) in [5.41, 5.74) is 2.48. The van der Waals surface area contributed by atoms with Gasteiger partial charge in [-0.15, -0.1) is 0 Å². The molecule has 0 aliphatic heterocycles. The van der Waals surface area contributed by atoms with Crippen molar-refractivity contribution in [2.75, 3.05) is 0 Å². The van der Waals surface area contributed by atoms with Crippen molar-refractivity contribution in [2.45, 2.75) is 50.9 Å². The van der Waals surface area contributed by atoms with Crippen LogP contribution >= 0.6 is 0 Å². The van der Waals surface area contributed by atoms with Crippen molar-refractivity contribution in [1.82, 2.24) is 15.1 Å². The van der Waals surface area contributed by atoms with Crippen LogP contribution in [0.25, 0.3) is 0 Å². The van der Waals surface area contributed by atoms with Crippen LogP contribution in [0.15, 0.2) is 42.7 Å². The highest BCUT2D eigenvalue weighted by molar-refractivity contribution is 5.15. The first kappa shape index (κ1) is 14.3. The van der Waals surface area contributed by atoms with Gasteiger partial charge in [0, 0.05) is 24.3 Å². The Labute approximate surface area is 125 Å². The lowest BCUT2D eigenvalue weighted by Crippen LogP contribution is -2.34. The van der Waals surface area contributed by atoms with E-state index in [0.29, 0.717) is 6.04 Å². The number of benzene rings is 1. The van der Waals surface area contributed by atoms with Crippen LogP contribution in [0, 0.1) is 0 Å². The summed E-state index contributed by atoms with van der Waals surface area (Å²) in [4.78, 5) is 0. The molecular weight excluding hydrogens is 262 g/mol. The minimum absolute atomic E-state index is 0.0864. The van der Waals surface area contributed by atoms with Crippen molar-refractivity contribution in [2.24, 2.45) is 0 Å². The van der Waals surface area contributed by atoms with Crippen molar-refractivity contribution in [3.8, 4) is 0 Å². The topological polar surface area (TPSA) is 50.1 Å². The zero-order valence-electron chi connectivity index (χ0n) is 12.3. The van der Waals surface area contributed by atoms with Gasteiger partial charge in [0.05, 0.1) is 18.8 Å². The van der Waals surface area contributed by atoms with E-state index in [4.69, 9.17) is 0 Å². The SMILES string of the molecule is OC1CCC(NCc2cnn(Cc3ccccc3)c2)CC1. The molecule has 21 heavy (non-hydrogen) atoms. The summed E-state index contributed by atoms with van der Waals surface area (Å²) >= 11 is 0. The Bertz CT molecular complexity index is 544. The molecule has 0 bridgehead atoms. The molecule has 0 radical (unpaired) electrons. The third-order valence-corrected chi connectivity index (χ3v) is 4.17. The van der Waals surface area contributed by atoms with Crippen LogP contribution in [0.1, 0.15) is 36.8 Å². The highest BCUT2D eigenvalue weighted by Gasteiger charge is 2.18. The van der Waals surface area contributed by atoms with Crippen molar-refractivity contribution in [1.29, 1.82) is 0 Å². The zero-order valence-corrected chi connectivity index (χ0v) is 12.3.